The Morgan fingerprint density at radius 1 is 1.50 bits per heavy atom. The van der Waals surface area contributed by atoms with Gasteiger partial charge in [-0.2, -0.15) is 0 Å². The van der Waals surface area contributed by atoms with E-state index in [-0.39, 0.29) is 0 Å². The quantitative estimate of drug-likeness (QED) is 0.706. The molecule has 14 heavy (non-hydrogen) atoms. The Kier molecular flexibility index (Phi) is 4.07. The van der Waals surface area contributed by atoms with Crippen molar-refractivity contribution in [3.8, 4) is 0 Å². The van der Waals surface area contributed by atoms with E-state index in [1.54, 1.807) is 12.4 Å². The summed E-state index contributed by atoms with van der Waals surface area (Å²) >= 11 is 0. The lowest BCUT2D eigenvalue weighted by Gasteiger charge is -2.19. The zero-order chi connectivity index (χ0) is 10.4. The molecule has 1 rings (SSSR count). The average molecular weight is 192 g/mol. The van der Waals surface area contributed by atoms with Crippen molar-refractivity contribution >= 4 is 5.82 Å². The molecule has 0 fully saturated rings. The van der Waals surface area contributed by atoms with E-state index in [4.69, 9.17) is 5.73 Å². The molecule has 2 N–H and O–H groups in total. The van der Waals surface area contributed by atoms with Gasteiger partial charge < -0.3 is 10.6 Å². The summed E-state index contributed by atoms with van der Waals surface area (Å²) in [6.45, 7) is 7.88. The number of hydrogen-bond donors (Lipinski definition) is 1. The summed E-state index contributed by atoms with van der Waals surface area (Å²) in [5, 5.41) is 0. The van der Waals surface area contributed by atoms with Crippen LogP contribution in [0.5, 0.6) is 0 Å². The second kappa shape index (κ2) is 5.34. The van der Waals surface area contributed by atoms with Gasteiger partial charge in [0.05, 0.1) is 18.1 Å². The minimum atomic E-state index is 0.431. The summed E-state index contributed by atoms with van der Waals surface area (Å²) in [6.07, 6.45) is 5.30. The predicted molar refractivity (Wildman–Crippen MR) is 58.0 cm³/mol. The van der Waals surface area contributed by atoms with Crippen LogP contribution in [0.25, 0.3) is 0 Å². The van der Waals surface area contributed by atoms with Crippen LogP contribution >= 0.6 is 0 Å². The van der Waals surface area contributed by atoms with E-state index < -0.39 is 0 Å². The number of rotatable bonds is 5. The molecule has 0 atom stereocenters. The van der Waals surface area contributed by atoms with Crippen molar-refractivity contribution in [1.82, 2.24) is 9.97 Å². The molecule has 4 heteroatoms. The smallest absolute Gasteiger partial charge is 0.147 e. The van der Waals surface area contributed by atoms with Gasteiger partial charge in [-0.1, -0.05) is 6.08 Å². The third-order valence-electron chi connectivity index (χ3n) is 1.96. The van der Waals surface area contributed by atoms with Crippen molar-refractivity contribution in [3.63, 3.8) is 0 Å². The minimum Gasteiger partial charge on any atom is -0.352 e. The third-order valence-corrected chi connectivity index (χ3v) is 1.96. The van der Waals surface area contributed by atoms with Gasteiger partial charge in [0.2, 0.25) is 0 Å². The fourth-order valence-electron chi connectivity index (χ4n) is 1.16. The number of aromatic nitrogens is 2. The first-order valence-electron chi connectivity index (χ1n) is 4.68. The molecule has 0 saturated carbocycles. The van der Waals surface area contributed by atoms with Crippen LogP contribution < -0.4 is 10.6 Å². The molecular weight excluding hydrogens is 176 g/mol. The summed E-state index contributed by atoms with van der Waals surface area (Å²) in [5.74, 6) is 0.865. The van der Waals surface area contributed by atoms with Crippen LogP contribution in [-0.2, 0) is 6.54 Å². The molecular formula is C10H16N4. The largest absolute Gasteiger partial charge is 0.352 e. The highest BCUT2D eigenvalue weighted by Gasteiger charge is 2.03. The zero-order valence-corrected chi connectivity index (χ0v) is 8.48. The molecule has 0 aliphatic carbocycles. The van der Waals surface area contributed by atoms with Gasteiger partial charge in [-0.3, -0.25) is 4.98 Å². The van der Waals surface area contributed by atoms with E-state index in [1.165, 1.54) is 0 Å². The fraction of sp³-hybridized carbons (Fsp3) is 0.400. The van der Waals surface area contributed by atoms with Crippen molar-refractivity contribution in [2.45, 2.75) is 13.5 Å². The van der Waals surface area contributed by atoms with Crippen LogP contribution in [0.2, 0.25) is 0 Å². The van der Waals surface area contributed by atoms with Crippen molar-refractivity contribution in [2.24, 2.45) is 5.73 Å². The van der Waals surface area contributed by atoms with Crippen LogP contribution in [-0.4, -0.2) is 23.1 Å². The maximum Gasteiger partial charge on any atom is 0.147 e. The van der Waals surface area contributed by atoms with Gasteiger partial charge in [-0.25, -0.2) is 4.98 Å². The van der Waals surface area contributed by atoms with Gasteiger partial charge in [0.25, 0.3) is 0 Å². The Morgan fingerprint density at radius 2 is 2.29 bits per heavy atom. The van der Waals surface area contributed by atoms with Crippen molar-refractivity contribution in [3.05, 3.63) is 30.7 Å². The van der Waals surface area contributed by atoms with E-state index in [9.17, 15) is 0 Å². The van der Waals surface area contributed by atoms with Crippen LogP contribution in [0.1, 0.15) is 12.6 Å². The average Bonchev–Trinajstić information content (AvgIpc) is 2.26. The topological polar surface area (TPSA) is 55.0 Å². The van der Waals surface area contributed by atoms with E-state index in [0.717, 1.165) is 24.6 Å². The Bertz CT molecular complexity index is 281. The van der Waals surface area contributed by atoms with Gasteiger partial charge in [-0.15, -0.1) is 6.58 Å². The van der Waals surface area contributed by atoms with Crippen LogP contribution in [0.15, 0.2) is 25.0 Å². The van der Waals surface area contributed by atoms with Gasteiger partial charge in [-0.05, 0) is 6.92 Å². The Labute approximate surface area is 84.5 Å². The molecule has 0 spiro atoms. The second-order valence-corrected chi connectivity index (χ2v) is 2.90. The Balaban J connectivity index is 2.77. The Morgan fingerprint density at radius 3 is 2.71 bits per heavy atom. The lowest BCUT2D eigenvalue weighted by molar-refractivity contribution is 0.862. The van der Waals surface area contributed by atoms with E-state index in [2.05, 4.69) is 28.4 Å². The Hall–Kier alpha value is -1.42. The monoisotopic (exact) mass is 192 g/mol. The molecule has 0 amide bonds. The molecule has 0 saturated heterocycles. The highest BCUT2D eigenvalue weighted by Crippen LogP contribution is 2.07. The van der Waals surface area contributed by atoms with Crippen LogP contribution in [0, 0.1) is 0 Å². The summed E-state index contributed by atoms with van der Waals surface area (Å²) in [7, 11) is 0. The molecule has 0 aliphatic heterocycles. The number of anilines is 1. The van der Waals surface area contributed by atoms with Crippen molar-refractivity contribution in [2.75, 3.05) is 18.0 Å². The fourth-order valence-corrected chi connectivity index (χ4v) is 1.16. The van der Waals surface area contributed by atoms with Crippen molar-refractivity contribution < 1.29 is 0 Å². The molecule has 0 bridgehead atoms. The number of nitrogens with zero attached hydrogens (tertiary/aromatic N) is 3. The maximum absolute atomic E-state index is 5.43. The normalized spacial score (nSPS) is 9.86. The number of hydrogen-bond acceptors (Lipinski definition) is 4. The highest BCUT2D eigenvalue weighted by atomic mass is 15.2. The predicted octanol–water partition coefficient (Wildman–Crippen LogP) is 0.948. The minimum absolute atomic E-state index is 0.431. The standard InChI is InChI=1S/C10H16N4/c1-3-5-14(4-2)10-8-12-9(6-11)7-13-10/h3,7-8H,1,4-6,11H2,2H3. The van der Waals surface area contributed by atoms with Gasteiger partial charge in [0.1, 0.15) is 5.82 Å². The number of likely N-dealkylation sites (N-methyl/N-ethyl adjacent to an activating group) is 1. The van der Waals surface area contributed by atoms with E-state index in [1.807, 2.05) is 6.08 Å². The molecule has 4 nitrogen and oxygen atoms in total. The number of nitrogens with two attached hydrogens (primary N) is 1. The zero-order valence-electron chi connectivity index (χ0n) is 8.48. The highest BCUT2D eigenvalue weighted by molar-refractivity contribution is 5.36. The molecule has 0 aliphatic rings. The SMILES string of the molecule is C=CCN(CC)c1cnc(CN)cn1. The first-order valence-corrected chi connectivity index (χ1v) is 4.68. The molecule has 0 aromatic carbocycles. The van der Waals surface area contributed by atoms with Gasteiger partial charge in [0, 0.05) is 19.6 Å². The lowest BCUT2D eigenvalue weighted by atomic mass is 10.4. The van der Waals surface area contributed by atoms with Gasteiger partial charge in [0.15, 0.2) is 0 Å². The summed E-state index contributed by atoms with van der Waals surface area (Å²) in [4.78, 5) is 10.5. The van der Waals surface area contributed by atoms with Gasteiger partial charge >= 0.3 is 0 Å². The third kappa shape index (κ3) is 2.53. The molecule has 0 radical (unpaired) electrons. The summed E-state index contributed by atoms with van der Waals surface area (Å²) in [5.41, 5.74) is 6.24. The summed E-state index contributed by atoms with van der Waals surface area (Å²) in [6, 6.07) is 0. The van der Waals surface area contributed by atoms with Crippen LogP contribution in [0.4, 0.5) is 5.82 Å². The molecule has 1 heterocycles. The molecule has 1 aromatic heterocycles. The maximum atomic E-state index is 5.43. The molecule has 76 valence electrons. The molecule has 0 unspecified atom stereocenters. The first-order chi connectivity index (χ1) is 6.81. The van der Waals surface area contributed by atoms with E-state index >= 15 is 0 Å². The van der Waals surface area contributed by atoms with Crippen LogP contribution in [0.3, 0.4) is 0 Å². The first kappa shape index (κ1) is 10.7. The second-order valence-electron chi connectivity index (χ2n) is 2.90. The lowest BCUT2D eigenvalue weighted by Crippen LogP contribution is -2.23. The van der Waals surface area contributed by atoms with E-state index in [0.29, 0.717) is 6.54 Å². The molecule has 1 aromatic rings. The summed E-state index contributed by atoms with van der Waals surface area (Å²) < 4.78 is 0. The van der Waals surface area contributed by atoms with Crippen molar-refractivity contribution in [1.29, 1.82) is 0 Å².